The third-order valence-corrected chi connectivity index (χ3v) is 4.75. The summed E-state index contributed by atoms with van der Waals surface area (Å²) in [5.74, 6) is 0. The van der Waals surface area contributed by atoms with E-state index in [1.54, 1.807) is 0 Å². The fraction of sp³-hybridized carbons (Fsp3) is 0.688. The summed E-state index contributed by atoms with van der Waals surface area (Å²) in [5.41, 5.74) is 4.25. The molecule has 1 unspecified atom stereocenters. The third kappa shape index (κ3) is 2.82. The summed E-state index contributed by atoms with van der Waals surface area (Å²) in [6.45, 7) is 7.12. The average Bonchev–Trinajstić information content (AvgIpc) is 2.47. The van der Waals surface area contributed by atoms with Crippen LogP contribution in [0.5, 0.6) is 0 Å². The third-order valence-electron chi connectivity index (χ3n) is 4.75. The molecule has 0 aromatic carbocycles. The predicted octanol–water partition coefficient (Wildman–Crippen LogP) is 1.75. The molecule has 3 rings (SSSR count). The summed E-state index contributed by atoms with van der Waals surface area (Å²) in [6.07, 6.45) is 6.82. The molecular formula is C16H25N3. The molecule has 2 heterocycles. The number of aryl methyl sites for hydroxylation is 2. The average molecular weight is 259 g/mol. The predicted molar refractivity (Wildman–Crippen MR) is 78.5 cm³/mol. The van der Waals surface area contributed by atoms with Crippen molar-refractivity contribution in [2.45, 2.75) is 38.6 Å². The van der Waals surface area contributed by atoms with Crippen LogP contribution in [0.15, 0.2) is 12.3 Å². The monoisotopic (exact) mass is 259 g/mol. The molecule has 19 heavy (non-hydrogen) atoms. The minimum Gasteiger partial charge on any atom is -0.304 e. The van der Waals surface area contributed by atoms with Crippen molar-refractivity contribution >= 4 is 0 Å². The van der Waals surface area contributed by atoms with Crippen molar-refractivity contribution in [2.24, 2.45) is 0 Å². The number of hydrogen-bond donors (Lipinski definition) is 0. The van der Waals surface area contributed by atoms with Gasteiger partial charge in [-0.1, -0.05) is 13.0 Å². The van der Waals surface area contributed by atoms with Crippen LogP contribution in [0.4, 0.5) is 0 Å². The van der Waals surface area contributed by atoms with Crippen LogP contribution in [0.2, 0.25) is 0 Å². The maximum Gasteiger partial charge on any atom is 0.0436 e. The number of hydrogen-bond acceptors (Lipinski definition) is 3. The van der Waals surface area contributed by atoms with Crippen molar-refractivity contribution in [3.8, 4) is 0 Å². The van der Waals surface area contributed by atoms with Gasteiger partial charge < -0.3 is 4.90 Å². The van der Waals surface area contributed by atoms with E-state index in [1.165, 1.54) is 55.8 Å². The van der Waals surface area contributed by atoms with Gasteiger partial charge in [-0.3, -0.25) is 9.88 Å². The van der Waals surface area contributed by atoms with E-state index in [0.29, 0.717) is 0 Å². The van der Waals surface area contributed by atoms with Gasteiger partial charge in [-0.05, 0) is 43.9 Å². The molecule has 1 atom stereocenters. The van der Waals surface area contributed by atoms with Crippen LogP contribution in [-0.2, 0) is 19.3 Å². The first-order valence-corrected chi connectivity index (χ1v) is 7.65. The standard InChI is InChI=1S/C16H25N3/c1-3-13-10-14-11-15(4-5-16(14)17-12-13)19-8-6-18(2)7-9-19/h10,12,15H,3-9,11H2,1-2H3. The van der Waals surface area contributed by atoms with Crippen LogP contribution in [0.25, 0.3) is 0 Å². The number of pyridine rings is 1. The Balaban J connectivity index is 1.70. The highest BCUT2D eigenvalue weighted by Gasteiger charge is 2.26. The molecule has 0 radical (unpaired) electrons. The Hall–Kier alpha value is -0.930. The zero-order valence-corrected chi connectivity index (χ0v) is 12.2. The number of piperazine rings is 1. The van der Waals surface area contributed by atoms with Crippen molar-refractivity contribution in [3.05, 3.63) is 29.1 Å². The first-order chi connectivity index (χ1) is 9.26. The molecule has 0 bridgehead atoms. The van der Waals surface area contributed by atoms with Gasteiger partial charge in [-0.2, -0.15) is 0 Å². The van der Waals surface area contributed by atoms with E-state index in [4.69, 9.17) is 0 Å². The maximum absolute atomic E-state index is 4.65. The number of aromatic nitrogens is 1. The van der Waals surface area contributed by atoms with Crippen molar-refractivity contribution in [1.82, 2.24) is 14.8 Å². The molecule has 2 aliphatic rings. The Labute approximate surface area is 116 Å². The Bertz CT molecular complexity index is 436. The van der Waals surface area contributed by atoms with Gasteiger partial charge in [0.15, 0.2) is 0 Å². The van der Waals surface area contributed by atoms with Gasteiger partial charge in [0, 0.05) is 44.1 Å². The van der Waals surface area contributed by atoms with Crippen molar-refractivity contribution in [2.75, 3.05) is 33.2 Å². The van der Waals surface area contributed by atoms with Crippen LogP contribution in [0.3, 0.4) is 0 Å². The van der Waals surface area contributed by atoms with E-state index in [1.807, 2.05) is 0 Å². The van der Waals surface area contributed by atoms with Crippen molar-refractivity contribution < 1.29 is 0 Å². The smallest absolute Gasteiger partial charge is 0.0436 e. The molecule has 1 aliphatic carbocycles. The second-order valence-corrected chi connectivity index (χ2v) is 6.04. The van der Waals surface area contributed by atoms with Crippen LogP contribution < -0.4 is 0 Å². The van der Waals surface area contributed by atoms with Crippen LogP contribution >= 0.6 is 0 Å². The zero-order valence-electron chi connectivity index (χ0n) is 12.2. The highest BCUT2D eigenvalue weighted by molar-refractivity contribution is 5.28. The zero-order chi connectivity index (χ0) is 13.2. The summed E-state index contributed by atoms with van der Waals surface area (Å²) < 4.78 is 0. The minimum absolute atomic E-state index is 0.745. The molecule has 3 heteroatoms. The van der Waals surface area contributed by atoms with Gasteiger partial charge in [-0.15, -0.1) is 0 Å². The molecule has 3 nitrogen and oxygen atoms in total. The molecule has 104 valence electrons. The van der Waals surface area contributed by atoms with E-state index in [0.717, 1.165) is 18.9 Å². The van der Waals surface area contributed by atoms with Gasteiger partial charge in [0.05, 0.1) is 0 Å². The van der Waals surface area contributed by atoms with E-state index >= 15 is 0 Å². The van der Waals surface area contributed by atoms with Crippen LogP contribution in [0.1, 0.15) is 30.2 Å². The van der Waals surface area contributed by atoms with Gasteiger partial charge >= 0.3 is 0 Å². The number of likely N-dealkylation sites (N-methyl/N-ethyl adjacent to an activating group) is 1. The summed E-state index contributed by atoms with van der Waals surface area (Å²) in [6, 6.07) is 3.14. The summed E-state index contributed by atoms with van der Waals surface area (Å²) >= 11 is 0. The van der Waals surface area contributed by atoms with E-state index in [-0.39, 0.29) is 0 Å². The second kappa shape index (κ2) is 5.59. The van der Waals surface area contributed by atoms with Crippen molar-refractivity contribution in [1.29, 1.82) is 0 Å². The van der Waals surface area contributed by atoms with Gasteiger partial charge in [-0.25, -0.2) is 0 Å². The van der Waals surface area contributed by atoms with Gasteiger partial charge in [0.1, 0.15) is 0 Å². The van der Waals surface area contributed by atoms with E-state index in [2.05, 4.69) is 41.0 Å². The van der Waals surface area contributed by atoms with E-state index < -0.39 is 0 Å². The fourth-order valence-electron chi connectivity index (χ4n) is 3.34. The first kappa shape index (κ1) is 13.1. The SMILES string of the molecule is CCc1cnc2c(c1)CC(N1CCN(C)CC1)CC2. The molecular weight excluding hydrogens is 234 g/mol. The van der Waals surface area contributed by atoms with Crippen molar-refractivity contribution in [3.63, 3.8) is 0 Å². The lowest BCUT2D eigenvalue weighted by Crippen LogP contribution is -2.50. The molecule has 1 aromatic rings. The number of rotatable bonds is 2. The van der Waals surface area contributed by atoms with Crippen LogP contribution in [0, 0.1) is 0 Å². The Kier molecular flexibility index (Phi) is 3.85. The number of nitrogens with zero attached hydrogens (tertiary/aromatic N) is 3. The molecule has 1 aliphatic heterocycles. The maximum atomic E-state index is 4.65. The Morgan fingerprint density at radius 3 is 2.79 bits per heavy atom. The fourth-order valence-corrected chi connectivity index (χ4v) is 3.34. The highest BCUT2D eigenvalue weighted by atomic mass is 15.3. The van der Waals surface area contributed by atoms with E-state index in [9.17, 15) is 0 Å². The van der Waals surface area contributed by atoms with Crippen LogP contribution in [-0.4, -0.2) is 54.1 Å². The lowest BCUT2D eigenvalue weighted by Gasteiger charge is -2.40. The highest BCUT2D eigenvalue weighted by Crippen LogP contribution is 2.24. The molecule has 1 aromatic heterocycles. The topological polar surface area (TPSA) is 19.4 Å². The summed E-state index contributed by atoms with van der Waals surface area (Å²) in [4.78, 5) is 9.79. The lowest BCUT2D eigenvalue weighted by molar-refractivity contribution is 0.103. The molecule has 1 fully saturated rings. The summed E-state index contributed by atoms with van der Waals surface area (Å²) in [5, 5.41) is 0. The first-order valence-electron chi connectivity index (χ1n) is 7.65. The Morgan fingerprint density at radius 2 is 2.05 bits per heavy atom. The summed E-state index contributed by atoms with van der Waals surface area (Å²) in [7, 11) is 2.23. The lowest BCUT2D eigenvalue weighted by atomic mass is 9.89. The molecule has 0 spiro atoms. The Morgan fingerprint density at radius 1 is 1.26 bits per heavy atom. The molecule has 0 saturated carbocycles. The second-order valence-electron chi connectivity index (χ2n) is 6.04. The quantitative estimate of drug-likeness (QED) is 0.806. The largest absolute Gasteiger partial charge is 0.304 e. The molecule has 0 amide bonds. The molecule has 0 N–H and O–H groups in total. The molecule has 1 saturated heterocycles. The van der Waals surface area contributed by atoms with Gasteiger partial charge in [0.2, 0.25) is 0 Å². The normalized spacial score (nSPS) is 25.3. The minimum atomic E-state index is 0.745. The number of fused-ring (bicyclic) bond motifs is 1. The van der Waals surface area contributed by atoms with Gasteiger partial charge in [0.25, 0.3) is 0 Å².